The van der Waals surface area contributed by atoms with E-state index in [4.69, 9.17) is 4.52 Å². The van der Waals surface area contributed by atoms with Crippen molar-refractivity contribution in [3.8, 4) is 11.3 Å². The minimum atomic E-state index is -0.110. The van der Waals surface area contributed by atoms with Crippen LogP contribution in [0.4, 0.5) is 0 Å². The van der Waals surface area contributed by atoms with Gasteiger partial charge in [-0.2, -0.15) is 0 Å². The minimum absolute atomic E-state index is 0.110. The summed E-state index contributed by atoms with van der Waals surface area (Å²) in [6.07, 6.45) is 3.05. The van der Waals surface area contributed by atoms with Gasteiger partial charge in [0.15, 0.2) is 0 Å². The first kappa shape index (κ1) is 17.4. The largest absolute Gasteiger partial charge is 0.360 e. The summed E-state index contributed by atoms with van der Waals surface area (Å²) in [7, 11) is 0. The molecule has 0 unspecified atom stereocenters. The average Bonchev–Trinajstić information content (AvgIpc) is 3.42. The number of benzene rings is 2. The van der Waals surface area contributed by atoms with Crippen LogP contribution in [0.5, 0.6) is 0 Å². The predicted octanol–water partition coefficient (Wildman–Crippen LogP) is 3.86. The second-order valence-electron chi connectivity index (χ2n) is 7.89. The molecule has 2 aliphatic rings. The van der Waals surface area contributed by atoms with Crippen LogP contribution in [0.1, 0.15) is 31.1 Å². The molecule has 28 heavy (non-hydrogen) atoms. The summed E-state index contributed by atoms with van der Waals surface area (Å²) in [5.41, 5.74) is 3.14. The molecule has 0 N–H and O–H groups in total. The molecular formula is C23H25N3O2. The van der Waals surface area contributed by atoms with Crippen molar-refractivity contribution in [3.63, 3.8) is 0 Å². The molecule has 5 rings (SSSR count). The number of nitrogens with zero attached hydrogens (tertiary/aromatic N) is 3. The van der Waals surface area contributed by atoms with E-state index in [-0.39, 0.29) is 11.9 Å². The summed E-state index contributed by atoms with van der Waals surface area (Å²) < 4.78 is 5.71. The monoisotopic (exact) mass is 375 g/mol. The molecule has 1 aromatic heterocycles. The Hall–Kier alpha value is -2.66. The van der Waals surface area contributed by atoms with Gasteiger partial charge in [-0.15, -0.1) is 0 Å². The molecule has 144 valence electrons. The molecule has 0 spiro atoms. The fourth-order valence-corrected chi connectivity index (χ4v) is 4.56. The van der Waals surface area contributed by atoms with Crippen LogP contribution in [0.25, 0.3) is 22.0 Å². The van der Waals surface area contributed by atoms with Gasteiger partial charge in [-0.3, -0.25) is 9.69 Å². The van der Waals surface area contributed by atoms with Crippen molar-refractivity contribution < 1.29 is 9.32 Å². The van der Waals surface area contributed by atoms with Crippen molar-refractivity contribution in [2.75, 3.05) is 19.6 Å². The molecule has 2 aliphatic heterocycles. The third kappa shape index (κ3) is 2.90. The first-order valence-corrected chi connectivity index (χ1v) is 10.2. The molecule has 0 aliphatic carbocycles. The molecule has 1 saturated heterocycles. The Balaban J connectivity index is 1.46. The minimum Gasteiger partial charge on any atom is -0.360 e. The van der Waals surface area contributed by atoms with E-state index >= 15 is 0 Å². The smallest absolute Gasteiger partial charge is 0.239 e. The summed E-state index contributed by atoms with van der Waals surface area (Å²) in [6.45, 7) is 5.38. The summed E-state index contributed by atoms with van der Waals surface area (Å²) in [5.74, 6) is 1.21. The Morgan fingerprint density at radius 1 is 1.07 bits per heavy atom. The van der Waals surface area contributed by atoms with Crippen molar-refractivity contribution in [3.05, 3.63) is 53.8 Å². The van der Waals surface area contributed by atoms with Crippen LogP contribution in [0, 0.1) is 0 Å². The first-order valence-electron chi connectivity index (χ1n) is 10.2. The highest BCUT2D eigenvalue weighted by molar-refractivity contribution is 5.96. The third-order valence-electron chi connectivity index (χ3n) is 6.22. The summed E-state index contributed by atoms with van der Waals surface area (Å²) in [6, 6.07) is 14.5. The maximum absolute atomic E-state index is 12.9. The summed E-state index contributed by atoms with van der Waals surface area (Å²) >= 11 is 0. The number of carbonyl (C=O) groups excluding carboxylic acids is 1. The lowest BCUT2D eigenvalue weighted by Gasteiger charge is -2.33. The zero-order valence-electron chi connectivity index (χ0n) is 16.2. The highest BCUT2D eigenvalue weighted by Crippen LogP contribution is 2.34. The Bertz CT molecular complexity index is 1010. The number of amides is 1. The SMILES string of the molecule is C[C@H](C(=O)N1CCCC1)N1CCc2onc(-c3cccc4ccccc34)c2C1. The van der Waals surface area contributed by atoms with Crippen LogP contribution in [0.3, 0.4) is 0 Å². The van der Waals surface area contributed by atoms with E-state index in [0.29, 0.717) is 6.54 Å². The zero-order chi connectivity index (χ0) is 19.1. The lowest BCUT2D eigenvalue weighted by molar-refractivity contribution is -0.135. The molecule has 2 aromatic carbocycles. The van der Waals surface area contributed by atoms with Gasteiger partial charge in [0.25, 0.3) is 0 Å². The van der Waals surface area contributed by atoms with Crippen LogP contribution < -0.4 is 0 Å². The normalized spacial score (nSPS) is 18.4. The lowest BCUT2D eigenvalue weighted by Crippen LogP contribution is -2.47. The zero-order valence-corrected chi connectivity index (χ0v) is 16.2. The predicted molar refractivity (Wildman–Crippen MR) is 109 cm³/mol. The molecule has 0 bridgehead atoms. The average molecular weight is 375 g/mol. The lowest BCUT2D eigenvalue weighted by atomic mass is 9.96. The molecule has 1 fully saturated rings. The number of rotatable bonds is 3. The Kier molecular flexibility index (Phi) is 4.40. The molecule has 1 amide bonds. The van der Waals surface area contributed by atoms with Gasteiger partial charge in [0.1, 0.15) is 11.5 Å². The summed E-state index contributed by atoms with van der Waals surface area (Å²) in [4.78, 5) is 17.2. The topological polar surface area (TPSA) is 49.6 Å². The highest BCUT2D eigenvalue weighted by Gasteiger charge is 2.32. The van der Waals surface area contributed by atoms with Crippen LogP contribution in [-0.4, -0.2) is 46.5 Å². The van der Waals surface area contributed by atoms with Gasteiger partial charge in [0.2, 0.25) is 5.91 Å². The van der Waals surface area contributed by atoms with Gasteiger partial charge in [0, 0.05) is 43.7 Å². The first-order chi connectivity index (χ1) is 13.7. The van der Waals surface area contributed by atoms with Gasteiger partial charge >= 0.3 is 0 Å². The van der Waals surface area contributed by atoms with Crippen molar-refractivity contribution in [1.82, 2.24) is 15.0 Å². The quantitative estimate of drug-likeness (QED) is 0.697. The van der Waals surface area contributed by atoms with E-state index in [2.05, 4.69) is 52.5 Å². The maximum atomic E-state index is 12.9. The van der Waals surface area contributed by atoms with Crippen LogP contribution in [-0.2, 0) is 17.8 Å². The second-order valence-corrected chi connectivity index (χ2v) is 7.89. The molecule has 5 nitrogen and oxygen atoms in total. The van der Waals surface area contributed by atoms with Crippen LogP contribution in [0.2, 0.25) is 0 Å². The highest BCUT2D eigenvalue weighted by atomic mass is 16.5. The van der Waals surface area contributed by atoms with Gasteiger partial charge in [-0.1, -0.05) is 47.6 Å². The molecule has 0 saturated carbocycles. The molecule has 3 heterocycles. The number of carbonyl (C=O) groups is 1. The van der Waals surface area contributed by atoms with Crippen LogP contribution in [0.15, 0.2) is 47.0 Å². The number of hydrogen-bond donors (Lipinski definition) is 0. The Morgan fingerprint density at radius 3 is 2.71 bits per heavy atom. The van der Waals surface area contributed by atoms with E-state index in [0.717, 1.165) is 61.5 Å². The van der Waals surface area contributed by atoms with Crippen molar-refractivity contribution in [1.29, 1.82) is 0 Å². The van der Waals surface area contributed by atoms with E-state index < -0.39 is 0 Å². The number of likely N-dealkylation sites (tertiary alicyclic amines) is 1. The fraction of sp³-hybridized carbons (Fsp3) is 0.391. The Morgan fingerprint density at radius 2 is 1.86 bits per heavy atom. The van der Waals surface area contributed by atoms with E-state index in [1.807, 2.05) is 11.8 Å². The summed E-state index contributed by atoms with van der Waals surface area (Å²) in [5, 5.41) is 6.81. The standard InChI is InChI=1S/C23H25N3O2/c1-16(23(27)25-12-4-5-13-25)26-14-11-21-20(15-26)22(24-28-21)19-10-6-8-17-7-2-3-9-18(17)19/h2-3,6-10,16H,4-5,11-15H2,1H3/t16-/m1/s1. The van der Waals surface area contributed by atoms with E-state index in [9.17, 15) is 4.79 Å². The fourth-order valence-electron chi connectivity index (χ4n) is 4.56. The van der Waals surface area contributed by atoms with E-state index in [1.54, 1.807) is 0 Å². The maximum Gasteiger partial charge on any atom is 0.239 e. The number of hydrogen-bond acceptors (Lipinski definition) is 4. The van der Waals surface area contributed by atoms with E-state index in [1.165, 1.54) is 10.8 Å². The molecular weight excluding hydrogens is 350 g/mol. The van der Waals surface area contributed by atoms with Crippen molar-refractivity contribution in [2.24, 2.45) is 0 Å². The number of fused-ring (bicyclic) bond motifs is 2. The van der Waals surface area contributed by atoms with Gasteiger partial charge in [-0.25, -0.2) is 0 Å². The van der Waals surface area contributed by atoms with Gasteiger partial charge < -0.3 is 9.42 Å². The molecule has 3 aromatic rings. The molecule has 5 heteroatoms. The number of aromatic nitrogens is 1. The second kappa shape index (κ2) is 7.06. The van der Waals surface area contributed by atoms with Crippen molar-refractivity contribution >= 4 is 16.7 Å². The molecule has 0 radical (unpaired) electrons. The molecule has 1 atom stereocenters. The van der Waals surface area contributed by atoms with Gasteiger partial charge in [-0.05, 0) is 30.5 Å². The Labute approximate surface area is 164 Å². The van der Waals surface area contributed by atoms with Crippen LogP contribution >= 0.6 is 0 Å². The van der Waals surface area contributed by atoms with Crippen molar-refractivity contribution in [2.45, 2.75) is 38.8 Å². The third-order valence-corrected chi connectivity index (χ3v) is 6.22. The van der Waals surface area contributed by atoms with Gasteiger partial charge in [0.05, 0.1) is 6.04 Å².